The zero-order valence-corrected chi connectivity index (χ0v) is 20.4. The Bertz CT molecular complexity index is 1080. The van der Waals surface area contributed by atoms with Crippen molar-refractivity contribution in [3.8, 4) is 5.75 Å². The predicted molar refractivity (Wildman–Crippen MR) is 134 cm³/mol. The van der Waals surface area contributed by atoms with E-state index in [-0.39, 0.29) is 6.42 Å². The SMILES string of the molecule is COc1ccc2nccc(C(O)CC[C@@H]3CCN(CCCc4ccco4)C[C@@H]3CCC(=O)O)c2c1. The number of hydrogen-bond donors (Lipinski definition) is 2. The molecular weight excluding hydrogens is 444 g/mol. The van der Waals surface area contributed by atoms with E-state index in [0.717, 1.165) is 73.3 Å². The Kier molecular flexibility index (Phi) is 8.77. The van der Waals surface area contributed by atoms with Gasteiger partial charge in [-0.2, -0.15) is 0 Å². The first-order valence-corrected chi connectivity index (χ1v) is 12.6. The van der Waals surface area contributed by atoms with Crippen LogP contribution < -0.4 is 4.74 Å². The number of likely N-dealkylation sites (tertiary alicyclic amines) is 1. The maximum absolute atomic E-state index is 11.3. The molecule has 3 heterocycles. The monoisotopic (exact) mass is 480 g/mol. The summed E-state index contributed by atoms with van der Waals surface area (Å²) in [5, 5.41) is 21.3. The molecule has 0 radical (unpaired) electrons. The van der Waals surface area contributed by atoms with Gasteiger partial charge in [0.2, 0.25) is 0 Å². The molecule has 7 heteroatoms. The van der Waals surface area contributed by atoms with Gasteiger partial charge >= 0.3 is 5.97 Å². The van der Waals surface area contributed by atoms with E-state index in [1.165, 1.54) is 0 Å². The normalized spacial score (nSPS) is 19.6. The van der Waals surface area contributed by atoms with Crippen LogP contribution in [0.3, 0.4) is 0 Å². The third-order valence-electron chi connectivity index (χ3n) is 7.33. The first kappa shape index (κ1) is 25.2. The van der Waals surface area contributed by atoms with Crippen LogP contribution in [0.5, 0.6) is 5.75 Å². The molecule has 0 spiro atoms. The summed E-state index contributed by atoms with van der Waals surface area (Å²) in [6.07, 6.45) is 8.22. The average molecular weight is 481 g/mol. The fourth-order valence-corrected chi connectivity index (χ4v) is 5.40. The number of carbonyl (C=O) groups is 1. The van der Waals surface area contributed by atoms with E-state index in [9.17, 15) is 15.0 Å². The number of carboxylic acids is 1. The second-order valence-electron chi connectivity index (χ2n) is 9.60. The lowest BCUT2D eigenvalue weighted by Crippen LogP contribution is -2.41. The van der Waals surface area contributed by atoms with Crippen LogP contribution in [0.25, 0.3) is 10.9 Å². The summed E-state index contributed by atoms with van der Waals surface area (Å²) in [5.74, 6) is 1.75. The number of nitrogens with zero attached hydrogens (tertiary/aromatic N) is 2. The number of aryl methyl sites for hydroxylation is 1. The smallest absolute Gasteiger partial charge is 0.303 e. The van der Waals surface area contributed by atoms with Crippen LogP contribution in [0, 0.1) is 11.8 Å². The molecular formula is C28H36N2O5. The number of fused-ring (bicyclic) bond motifs is 1. The van der Waals surface area contributed by atoms with Gasteiger partial charge in [0.25, 0.3) is 0 Å². The van der Waals surface area contributed by atoms with Crippen molar-refractivity contribution in [2.24, 2.45) is 11.8 Å². The summed E-state index contributed by atoms with van der Waals surface area (Å²) in [7, 11) is 1.63. The zero-order valence-electron chi connectivity index (χ0n) is 20.4. The molecule has 3 atom stereocenters. The van der Waals surface area contributed by atoms with Gasteiger partial charge in [0.1, 0.15) is 11.5 Å². The number of carboxylic acid groups (broad SMARTS) is 1. The Labute approximate surface area is 206 Å². The molecule has 0 aliphatic carbocycles. The fourth-order valence-electron chi connectivity index (χ4n) is 5.40. The van der Waals surface area contributed by atoms with Gasteiger partial charge in [0.15, 0.2) is 0 Å². The lowest BCUT2D eigenvalue weighted by atomic mass is 9.79. The summed E-state index contributed by atoms with van der Waals surface area (Å²) in [6, 6.07) is 11.5. The minimum absolute atomic E-state index is 0.193. The van der Waals surface area contributed by atoms with Gasteiger partial charge in [-0.05, 0) is 99.0 Å². The number of benzene rings is 1. The number of aliphatic hydroxyl groups excluding tert-OH is 1. The van der Waals surface area contributed by atoms with Crippen molar-refractivity contribution in [3.63, 3.8) is 0 Å². The molecule has 4 rings (SSSR count). The maximum atomic E-state index is 11.3. The third-order valence-corrected chi connectivity index (χ3v) is 7.33. The Hall–Kier alpha value is -2.90. The quantitative estimate of drug-likeness (QED) is 0.373. The molecule has 35 heavy (non-hydrogen) atoms. The number of ether oxygens (including phenoxy) is 1. The molecule has 1 aromatic carbocycles. The summed E-state index contributed by atoms with van der Waals surface area (Å²) >= 11 is 0. The number of aliphatic carboxylic acids is 1. The van der Waals surface area contributed by atoms with E-state index in [1.807, 2.05) is 36.4 Å². The highest BCUT2D eigenvalue weighted by atomic mass is 16.5. The largest absolute Gasteiger partial charge is 0.497 e. The molecule has 3 aromatic rings. The minimum Gasteiger partial charge on any atom is -0.497 e. The Morgan fingerprint density at radius 2 is 2.14 bits per heavy atom. The van der Waals surface area contributed by atoms with E-state index in [2.05, 4.69) is 9.88 Å². The average Bonchev–Trinajstić information content (AvgIpc) is 3.39. The molecule has 1 fully saturated rings. The number of rotatable bonds is 12. The predicted octanol–water partition coefficient (Wildman–Crippen LogP) is 5.09. The van der Waals surface area contributed by atoms with Crippen LogP contribution in [0.15, 0.2) is 53.3 Å². The summed E-state index contributed by atoms with van der Waals surface area (Å²) in [5.41, 5.74) is 1.70. The minimum atomic E-state index is -0.740. The zero-order chi connectivity index (χ0) is 24.6. The first-order valence-electron chi connectivity index (χ1n) is 12.6. The topological polar surface area (TPSA) is 96.0 Å². The van der Waals surface area contributed by atoms with Crippen LogP contribution in [0.1, 0.15) is 56.0 Å². The van der Waals surface area contributed by atoms with E-state index < -0.39 is 12.1 Å². The van der Waals surface area contributed by atoms with Crippen molar-refractivity contribution in [2.45, 2.75) is 51.0 Å². The Morgan fingerprint density at radius 1 is 1.26 bits per heavy atom. The standard InChI is InChI=1S/C28H36N2O5/c1-34-23-8-9-26-25(18-23)24(12-14-29-26)27(31)10-6-20-13-16-30(19-21(20)7-11-28(32)33)15-2-4-22-5-3-17-35-22/h3,5,8-9,12,14,17-18,20-21,27,31H,2,4,6-7,10-11,13,15-16,19H2,1H3,(H,32,33)/t20-,21+,27?/m1/s1. The van der Waals surface area contributed by atoms with E-state index in [0.29, 0.717) is 24.7 Å². The maximum Gasteiger partial charge on any atom is 0.303 e. The van der Waals surface area contributed by atoms with Gasteiger partial charge < -0.3 is 24.3 Å². The number of hydrogen-bond acceptors (Lipinski definition) is 6. The summed E-state index contributed by atoms with van der Waals surface area (Å²) in [6.45, 7) is 2.92. The highest BCUT2D eigenvalue weighted by Gasteiger charge is 2.30. The molecule has 1 aliphatic rings. The molecule has 1 saturated heterocycles. The van der Waals surface area contributed by atoms with Crippen LogP contribution in [0.4, 0.5) is 0 Å². The van der Waals surface area contributed by atoms with Crippen LogP contribution in [-0.2, 0) is 11.2 Å². The molecule has 0 amide bonds. The second kappa shape index (κ2) is 12.2. The molecule has 1 unspecified atom stereocenters. The van der Waals surface area contributed by atoms with E-state index in [1.54, 1.807) is 19.6 Å². The van der Waals surface area contributed by atoms with Gasteiger partial charge in [0.05, 0.1) is 25.0 Å². The molecule has 2 N–H and O–H groups in total. The molecule has 188 valence electrons. The number of piperidine rings is 1. The van der Waals surface area contributed by atoms with E-state index >= 15 is 0 Å². The lowest BCUT2D eigenvalue weighted by molar-refractivity contribution is -0.137. The second-order valence-corrected chi connectivity index (χ2v) is 9.60. The van der Waals surface area contributed by atoms with Crippen molar-refractivity contribution in [2.75, 3.05) is 26.7 Å². The summed E-state index contributed by atoms with van der Waals surface area (Å²) in [4.78, 5) is 18.2. The van der Waals surface area contributed by atoms with Gasteiger partial charge in [-0.15, -0.1) is 0 Å². The van der Waals surface area contributed by atoms with Crippen molar-refractivity contribution < 1.29 is 24.2 Å². The highest BCUT2D eigenvalue weighted by Crippen LogP contribution is 2.35. The molecule has 7 nitrogen and oxygen atoms in total. The number of aliphatic hydroxyl groups is 1. The molecule has 1 aliphatic heterocycles. The summed E-state index contributed by atoms with van der Waals surface area (Å²) < 4.78 is 10.8. The van der Waals surface area contributed by atoms with Crippen LogP contribution >= 0.6 is 0 Å². The third kappa shape index (κ3) is 6.83. The number of pyridine rings is 1. The van der Waals surface area contributed by atoms with Gasteiger partial charge in [0, 0.05) is 31.0 Å². The van der Waals surface area contributed by atoms with Gasteiger partial charge in [-0.1, -0.05) is 0 Å². The number of aromatic nitrogens is 1. The molecule has 2 aromatic heterocycles. The van der Waals surface area contributed by atoms with Gasteiger partial charge in [-0.3, -0.25) is 9.78 Å². The highest BCUT2D eigenvalue weighted by molar-refractivity contribution is 5.83. The molecule has 0 saturated carbocycles. The Morgan fingerprint density at radius 3 is 2.91 bits per heavy atom. The first-order chi connectivity index (χ1) is 17.0. The van der Waals surface area contributed by atoms with Crippen molar-refractivity contribution in [1.82, 2.24) is 9.88 Å². The fraction of sp³-hybridized carbons (Fsp3) is 0.500. The van der Waals surface area contributed by atoms with Crippen LogP contribution in [0.2, 0.25) is 0 Å². The Balaban J connectivity index is 1.36. The lowest BCUT2D eigenvalue weighted by Gasteiger charge is -2.39. The number of methoxy groups -OCH3 is 1. The molecule has 0 bridgehead atoms. The number of furan rings is 1. The van der Waals surface area contributed by atoms with Gasteiger partial charge in [-0.25, -0.2) is 0 Å². The van der Waals surface area contributed by atoms with Crippen LogP contribution in [-0.4, -0.2) is 52.8 Å². The van der Waals surface area contributed by atoms with E-state index in [4.69, 9.17) is 9.15 Å². The van der Waals surface area contributed by atoms with Crippen molar-refractivity contribution in [1.29, 1.82) is 0 Å². The van der Waals surface area contributed by atoms with Crippen molar-refractivity contribution >= 4 is 16.9 Å². The van der Waals surface area contributed by atoms with Crippen molar-refractivity contribution in [3.05, 3.63) is 60.2 Å².